The fourth-order valence-corrected chi connectivity index (χ4v) is 0.987. The predicted molar refractivity (Wildman–Crippen MR) is 65.8 cm³/mol. The Labute approximate surface area is 104 Å². The topological polar surface area (TPSA) is 89.0 Å². The molecular formula is C11H26N2O4. The third-order valence-electron chi connectivity index (χ3n) is 1.90. The Bertz CT molecular complexity index is 125. The van der Waals surface area contributed by atoms with Gasteiger partial charge in [-0.2, -0.15) is 0 Å². The molecule has 0 atom stereocenters. The Morgan fingerprint density at radius 2 is 0.941 bits per heavy atom. The average Bonchev–Trinajstić information content (AvgIpc) is 2.35. The quantitative estimate of drug-likeness (QED) is 0.325. The third-order valence-corrected chi connectivity index (χ3v) is 1.90. The molecule has 0 saturated heterocycles. The average molecular weight is 250 g/mol. The molecule has 0 fully saturated rings. The molecule has 4 N–H and O–H groups in total. The van der Waals surface area contributed by atoms with Gasteiger partial charge in [0.1, 0.15) is 6.79 Å². The van der Waals surface area contributed by atoms with E-state index in [9.17, 15) is 0 Å². The van der Waals surface area contributed by atoms with Gasteiger partial charge in [0, 0.05) is 13.2 Å². The lowest BCUT2D eigenvalue weighted by Crippen LogP contribution is -2.12. The summed E-state index contributed by atoms with van der Waals surface area (Å²) >= 11 is 0. The van der Waals surface area contributed by atoms with Crippen LogP contribution in [0.5, 0.6) is 0 Å². The van der Waals surface area contributed by atoms with Gasteiger partial charge in [-0.05, 0) is 25.9 Å². The van der Waals surface area contributed by atoms with Gasteiger partial charge in [-0.25, -0.2) is 0 Å². The summed E-state index contributed by atoms with van der Waals surface area (Å²) in [5, 5.41) is 0. The maximum Gasteiger partial charge on any atom is 0.146 e. The minimum Gasteiger partial charge on any atom is -0.379 e. The highest BCUT2D eigenvalue weighted by Gasteiger charge is 1.91. The van der Waals surface area contributed by atoms with Gasteiger partial charge < -0.3 is 30.4 Å². The molecule has 0 aromatic heterocycles. The van der Waals surface area contributed by atoms with Crippen molar-refractivity contribution in [1.82, 2.24) is 0 Å². The maximum atomic E-state index is 5.32. The normalized spacial score (nSPS) is 10.9. The smallest absolute Gasteiger partial charge is 0.146 e. The van der Waals surface area contributed by atoms with Gasteiger partial charge in [0.2, 0.25) is 0 Å². The molecule has 104 valence electrons. The Morgan fingerprint density at radius 1 is 0.529 bits per heavy atom. The summed E-state index contributed by atoms with van der Waals surface area (Å²) in [4.78, 5) is 0. The van der Waals surface area contributed by atoms with Crippen LogP contribution in [0.1, 0.15) is 12.8 Å². The second-order valence-corrected chi connectivity index (χ2v) is 3.44. The fourth-order valence-electron chi connectivity index (χ4n) is 0.987. The van der Waals surface area contributed by atoms with Gasteiger partial charge in [0.25, 0.3) is 0 Å². The van der Waals surface area contributed by atoms with Crippen LogP contribution in [-0.4, -0.2) is 59.5 Å². The SMILES string of the molecule is NCCCOCCOCOCCOCCCN. The van der Waals surface area contributed by atoms with Crippen molar-refractivity contribution >= 4 is 0 Å². The van der Waals surface area contributed by atoms with E-state index < -0.39 is 0 Å². The van der Waals surface area contributed by atoms with E-state index in [4.69, 9.17) is 30.4 Å². The molecule has 0 aliphatic heterocycles. The van der Waals surface area contributed by atoms with Crippen molar-refractivity contribution in [3.63, 3.8) is 0 Å². The highest BCUT2D eigenvalue weighted by molar-refractivity contribution is 4.36. The van der Waals surface area contributed by atoms with Crippen LogP contribution in [0.25, 0.3) is 0 Å². The maximum absolute atomic E-state index is 5.32. The molecule has 0 aliphatic carbocycles. The van der Waals surface area contributed by atoms with Gasteiger partial charge in [-0.3, -0.25) is 0 Å². The summed E-state index contributed by atoms with van der Waals surface area (Å²) in [6.45, 7) is 5.22. The molecule has 0 aliphatic rings. The molecule has 0 aromatic carbocycles. The lowest BCUT2D eigenvalue weighted by atomic mass is 10.5. The first kappa shape index (κ1) is 16.8. The van der Waals surface area contributed by atoms with Crippen LogP contribution in [0.2, 0.25) is 0 Å². The van der Waals surface area contributed by atoms with Crippen molar-refractivity contribution in [2.75, 3.05) is 59.5 Å². The molecular weight excluding hydrogens is 224 g/mol. The summed E-state index contributed by atoms with van der Waals surface area (Å²) in [6, 6.07) is 0. The molecule has 17 heavy (non-hydrogen) atoms. The van der Waals surface area contributed by atoms with Crippen LogP contribution >= 0.6 is 0 Å². The summed E-state index contributed by atoms with van der Waals surface area (Å²) in [5.74, 6) is 0. The van der Waals surface area contributed by atoms with E-state index in [-0.39, 0.29) is 6.79 Å². The summed E-state index contributed by atoms with van der Waals surface area (Å²) < 4.78 is 20.9. The van der Waals surface area contributed by atoms with Crippen molar-refractivity contribution in [3.05, 3.63) is 0 Å². The first-order valence-electron chi connectivity index (χ1n) is 6.13. The molecule has 0 saturated carbocycles. The van der Waals surface area contributed by atoms with Crippen molar-refractivity contribution in [2.45, 2.75) is 12.8 Å². The molecule has 6 heteroatoms. The standard InChI is InChI=1S/C11H26N2O4/c12-3-1-5-14-7-9-16-11-17-10-8-15-6-2-4-13/h1-13H2. The van der Waals surface area contributed by atoms with Gasteiger partial charge in [0.05, 0.1) is 26.4 Å². The minimum atomic E-state index is 0.278. The molecule has 0 rings (SSSR count). The third kappa shape index (κ3) is 15.8. The van der Waals surface area contributed by atoms with E-state index in [1.165, 1.54) is 0 Å². The number of hydrogen-bond acceptors (Lipinski definition) is 6. The van der Waals surface area contributed by atoms with Crippen molar-refractivity contribution in [1.29, 1.82) is 0 Å². The van der Waals surface area contributed by atoms with Crippen LogP contribution in [0, 0.1) is 0 Å². The monoisotopic (exact) mass is 250 g/mol. The summed E-state index contributed by atoms with van der Waals surface area (Å²) in [6.07, 6.45) is 1.77. The van der Waals surface area contributed by atoms with Gasteiger partial charge in [-0.1, -0.05) is 0 Å². The molecule has 6 nitrogen and oxygen atoms in total. The second kappa shape index (κ2) is 15.8. The second-order valence-electron chi connectivity index (χ2n) is 3.44. The van der Waals surface area contributed by atoms with Crippen LogP contribution in [-0.2, 0) is 18.9 Å². The Balaban J connectivity index is 2.85. The molecule has 0 aromatic rings. The van der Waals surface area contributed by atoms with E-state index >= 15 is 0 Å². The Kier molecular flexibility index (Phi) is 15.5. The lowest BCUT2D eigenvalue weighted by molar-refractivity contribution is -0.0813. The molecule has 0 spiro atoms. The van der Waals surface area contributed by atoms with Crippen LogP contribution < -0.4 is 11.5 Å². The molecule has 0 amide bonds. The van der Waals surface area contributed by atoms with Crippen molar-refractivity contribution in [3.8, 4) is 0 Å². The highest BCUT2D eigenvalue weighted by Crippen LogP contribution is 1.85. The van der Waals surface area contributed by atoms with Gasteiger partial charge in [0.15, 0.2) is 0 Å². The fraction of sp³-hybridized carbons (Fsp3) is 1.00. The van der Waals surface area contributed by atoms with Crippen molar-refractivity contribution in [2.24, 2.45) is 11.5 Å². The summed E-state index contributed by atoms with van der Waals surface area (Å²) in [7, 11) is 0. The first-order valence-corrected chi connectivity index (χ1v) is 6.13. The number of ether oxygens (including phenoxy) is 4. The van der Waals surface area contributed by atoms with Gasteiger partial charge >= 0.3 is 0 Å². The van der Waals surface area contributed by atoms with E-state index in [0.29, 0.717) is 52.7 Å². The number of nitrogens with two attached hydrogens (primary N) is 2. The molecule has 0 heterocycles. The van der Waals surface area contributed by atoms with Crippen LogP contribution in [0.15, 0.2) is 0 Å². The minimum absolute atomic E-state index is 0.278. The van der Waals surface area contributed by atoms with E-state index in [1.807, 2.05) is 0 Å². The van der Waals surface area contributed by atoms with E-state index in [2.05, 4.69) is 0 Å². The first-order chi connectivity index (χ1) is 8.41. The predicted octanol–water partition coefficient (Wildman–Crippen LogP) is -0.292. The molecule has 0 unspecified atom stereocenters. The highest BCUT2D eigenvalue weighted by atomic mass is 16.7. The summed E-state index contributed by atoms with van der Waals surface area (Å²) in [5.41, 5.74) is 10.6. The zero-order valence-corrected chi connectivity index (χ0v) is 10.6. The van der Waals surface area contributed by atoms with E-state index in [1.54, 1.807) is 0 Å². The zero-order chi connectivity index (χ0) is 12.6. The van der Waals surface area contributed by atoms with Crippen molar-refractivity contribution < 1.29 is 18.9 Å². The largest absolute Gasteiger partial charge is 0.379 e. The van der Waals surface area contributed by atoms with E-state index in [0.717, 1.165) is 12.8 Å². The van der Waals surface area contributed by atoms with Crippen LogP contribution in [0.3, 0.4) is 0 Å². The van der Waals surface area contributed by atoms with Crippen LogP contribution in [0.4, 0.5) is 0 Å². The van der Waals surface area contributed by atoms with Gasteiger partial charge in [-0.15, -0.1) is 0 Å². The zero-order valence-electron chi connectivity index (χ0n) is 10.6. The Hall–Kier alpha value is -0.240. The molecule has 0 bridgehead atoms. The lowest BCUT2D eigenvalue weighted by Gasteiger charge is -2.07. The number of rotatable bonds is 14. The number of hydrogen-bond donors (Lipinski definition) is 2. The Morgan fingerprint density at radius 3 is 1.35 bits per heavy atom. The molecule has 0 radical (unpaired) electrons.